The highest BCUT2D eigenvalue weighted by molar-refractivity contribution is 5.77. The number of rotatable bonds is 4. The molecule has 8 nitrogen and oxygen atoms in total. The minimum atomic E-state index is -0.525. The molecular weight excluding hydrogens is 220 g/mol. The predicted molar refractivity (Wildman–Crippen MR) is 62.2 cm³/mol. The van der Waals surface area contributed by atoms with Crippen LogP contribution in [0.2, 0.25) is 0 Å². The molecule has 0 aromatic rings. The molecule has 0 bridgehead atoms. The lowest BCUT2D eigenvalue weighted by Crippen LogP contribution is -2.46. The van der Waals surface area contributed by atoms with E-state index >= 15 is 0 Å². The van der Waals surface area contributed by atoms with Gasteiger partial charge >= 0.3 is 0 Å². The number of hydrogen-bond donors (Lipinski definition) is 4. The Hall–Kier alpha value is -2.48. The molecule has 0 aliphatic heterocycles. The van der Waals surface area contributed by atoms with Crippen molar-refractivity contribution in [1.82, 2.24) is 9.80 Å². The van der Waals surface area contributed by atoms with Crippen LogP contribution in [0.1, 0.15) is 13.8 Å². The molecule has 0 aromatic heterocycles. The standard InChI is InChI=1S/C9H16N8/c1-9(2,3-16(5-10)7(12)13)4-17(6-11)8(14)15/h3-4H2,1-2H3,(H3,12,13)(H3,14,15). The average Bonchev–Trinajstić information content (AvgIpc) is 2.22. The lowest BCUT2D eigenvalue weighted by molar-refractivity contribution is 0.251. The monoisotopic (exact) mass is 236 g/mol. The molecule has 0 amide bonds. The number of nitrogens with two attached hydrogens (primary N) is 2. The van der Waals surface area contributed by atoms with Crippen LogP contribution in [0.25, 0.3) is 0 Å². The maximum absolute atomic E-state index is 8.77. The van der Waals surface area contributed by atoms with Gasteiger partial charge in [0.05, 0.1) is 0 Å². The van der Waals surface area contributed by atoms with Crippen molar-refractivity contribution >= 4 is 11.9 Å². The molecule has 0 spiro atoms. The molecule has 0 fully saturated rings. The van der Waals surface area contributed by atoms with Crippen molar-refractivity contribution in [1.29, 1.82) is 21.3 Å². The molecular formula is C9H16N8. The van der Waals surface area contributed by atoms with E-state index in [2.05, 4.69) is 0 Å². The summed E-state index contributed by atoms with van der Waals surface area (Å²) >= 11 is 0. The number of hydrogen-bond acceptors (Lipinski definition) is 4. The first kappa shape index (κ1) is 14.5. The highest BCUT2D eigenvalue weighted by atomic mass is 15.3. The summed E-state index contributed by atoms with van der Waals surface area (Å²) in [4.78, 5) is 2.02. The Labute approximate surface area is 100 Å². The lowest BCUT2D eigenvalue weighted by atomic mass is 9.92. The van der Waals surface area contributed by atoms with Gasteiger partial charge in [0.2, 0.25) is 11.9 Å². The predicted octanol–water partition coefficient (Wildman–Crippen LogP) is -0.634. The van der Waals surface area contributed by atoms with Crippen LogP contribution in [0, 0.1) is 39.1 Å². The molecule has 0 aliphatic carbocycles. The zero-order valence-electron chi connectivity index (χ0n) is 9.86. The third-order valence-electron chi connectivity index (χ3n) is 2.00. The van der Waals surface area contributed by atoms with Crippen LogP contribution in [0.5, 0.6) is 0 Å². The second-order valence-corrected chi connectivity index (χ2v) is 4.31. The summed E-state index contributed by atoms with van der Waals surface area (Å²) in [7, 11) is 0. The molecule has 0 saturated heterocycles. The van der Waals surface area contributed by atoms with Crippen LogP contribution < -0.4 is 11.5 Å². The van der Waals surface area contributed by atoms with Gasteiger partial charge in [-0.15, -0.1) is 0 Å². The molecule has 0 rings (SSSR count). The number of nitrogens with one attached hydrogen (secondary N) is 2. The molecule has 0 atom stereocenters. The van der Waals surface area contributed by atoms with Gasteiger partial charge in [-0.05, 0) is 0 Å². The van der Waals surface area contributed by atoms with Crippen molar-refractivity contribution in [2.75, 3.05) is 13.1 Å². The Morgan fingerprint density at radius 1 is 1.06 bits per heavy atom. The van der Waals surface area contributed by atoms with E-state index in [4.69, 9.17) is 32.8 Å². The Balaban J connectivity index is 4.70. The van der Waals surface area contributed by atoms with Crippen molar-refractivity contribution < 1.29 is 0 Å². The van der Waals surface area contributed by atoms with E-state index in [9.17, 15) is 0 Å². The van der Waals surface area contributed by atoms with E-state index in [-0.39, 0.29) is 25.0 Å². The van der Waals surface area contributed by atoms with Crippen LogP contribution in [-0.4, -0.2) is 34.8 Å². The second-order valence-electron chi connectivity index (χ2n) is 4.31. The van der Waals surface area contributed by atoms with Crippen molar-refractivity contribution in [3.05, 3.63) is 0 Å². The van der Waals surface area contributed by atoms with Gasteiger partial charge in [0.25, 0.3) is 0 Å². The quantitative estimate of drug-likeness (QED) is 0.220. The Kier molecular flexibility index (Phi) is 4.75. The van der Waals surface area contributed by atoms with Gasteiger partial charge in [0.15, 0.2) is 12.4 Å². The maximum atomic E-state index is 8.77. The van der Waals surface area contributed by atoms with Gasteiger partial charge in [-0.2, -0.15) is 10.5 Å². The Morgan fingerprint density at radius 2 is 1.35 bits per heavy atom. The first-order valence-electron chi connectivity index (χ1n) is 4.76. The van der Waals surface area contributed by atoms with Crippen molar-refractivity contribution in [2.24, 2.45) is 16.9 Å². The van der Waals surface area contributed by atoms with Gasteiger partial charge in [0.1, 0.15) is 0 Å². The number of nitriles is 2. The van der Waals surface area contributed by atoms with E-state index in [1.54, 1.807) is 26.2 Å². The molecule has 0 aromatic carbocycles. The maximum Gasteiger partial charge on any atom is 0.201 e. The Morgan fingerprint density at radius 3 is 1.53 bits per heavy atom. The third kappa shape index (κ3) is 4.71. The summed E-state index contributed by atoms with van der Waals surface area (Å²) < 4.78 is 0. The van der Waals surface area contributed by atoms with Gasteiger partial charge in [0, 0.05) is 18.5 Å². The summed E-state index contributed by atoms with van der Waals surface area (Å²) in [6.07, 6.45) is 3.55. The molecule has 0 radical (unpaired) electrons. The van der Waals surface area contributed by atoms with Gasteiger partial charge in [-0.3, -0.25) is 10.8 Å². The van der Waals surface area contributed by atoms with Crippen LogP contribution in [0.3, 0.4) is 0 Å². The third-order valence-corrected chi connectivity index (χ3v) is 2.00. The van der Waals surface area contributed by atoms with Crippen LogP contribution in [0.15, 0.2) is 0 Å². The zero-order valence-corrected chi connectivity index (χ0v) is 9.86. The average molecular weight is 236 g/mol. The normalized spacial score (nSPS) is 9.88. The summed E-state index contributed by atoms with van der Waals surface area (Å²) in [5, 5.41) is 31.9. The smallest absolute Gasteiger partial charge is 0.201 e. The van der Waals surface area contributed by atoms with Crippen molar-refractivity contribution in [2.45, 2.75) is 13.8 Å². The molecule has 0 saturated carbocycles. The SMILES string of the molecule is CC(C)(CN(C#N)C(=N)N)CN(C#N)C(=N)N. The fourth-order valence-corrected chi connectivity index (χ4v) is 1.25. The minimum absolute atomic E-state index is 0.171. The first-order chi connectivity index (χ1) is 7.73. The fraction of sp³-hybridized carbons (Fsp3) is 0.556. The molecule has 92 valence electrons. The molecule has 0 heterocycles. The highest BCUT2D eigenvalue weighted by Crippen LogP contribution is 2.18. The van der Waals surface area contributed by atoms with E-state index in [1.807, 2.05) is 0 Å². The molecule has 8 heteroatoms. The second kappa shape index (κ2) is 5.56. The van der Waals surface area contributed by atoms with Gasteiger partial charge in [-0.1, -0.05) is 13.8 Å². The topological polar surface area (TPSA) is 154 Å². The van der Waals surface area contributed by atoms with Crippen LogP contribution in [-0.2, 0) is 0 Å². The summed E-state index contributed by atoms with van der Waals surface area (Å²) in [6.45, 7) is 3.91. The van der Waals surface area contributed by atoms with Crippen molar-refractivity contribution in [3.8, 4) is 12.4 Å². The summed E-state index contributed by atoms with van der Waals surface area (Å²) in [5.74, 6) is -0.709. The fourth-order valence-electron chi connectivity index (χ4n) is 1.25. The van der Waals surface area contributed by atoms with Gasteiger partial charge in [-0.25, -0.2) is 9.80 Å². The van der Waals surface area contributed by atoms with E-state index in [0.29, 0.717) is 0 Å². The molecule has 17 heavy (non-hydrogen) atoms. The van der Waals surface area contributed by atoms with Crippen molar-refractivity contribution in [3.63, 3.8) is 0 Å². The summed E-state index contributed by atoms with van der Waals surface area (Å²) in [6, 6.07) is 0. The molecule has 0 aliphatic rings. The largest absolute Gasteiger partial charge is 0.369 e. The highest BCUT2D eigenvalue weighted by Gasteiger charge is 2.26. The summed E-state index contributed by atoms with van der Waals surface area (Å²) in [5.41, 5.74) is 9.91. The first-order valence-corrected chi connectivity index (χ1v) is 4.76. The number of guanidine groups is 2. The molecule has 0 unspecified atom stereocenters. The Bertz CT molecular complexity index is 349. The lowest BCUT2D eigenvalue weighted by Gasteiger charge is -2.31. The van der Waals surface area contributed by atoms with E-state index < -0.39 is 5.41 Å². The zero-order chi connectivity index (χ0) is 13.6. The van der Waals surface area contributed by atoms with E-state index in [1.165, 1.54) is 0 Å². The van der Waals surface area contributed by atoms with Crippen LogP contribution in [0.4, 0.5) is 0 Å². The number of nitrogens with zero attached hydrogens (tertiary/aromatic N) is 4. The van der Waals surface area contributed by atoms with Crippen LogP contribution >= 0.6 is 0 Å². The van der Waals surface area contributed by atoms with E-state index in [0.717, 1.165) is 9.80 Å². The minimum Gasteiger partial charge on any atom is -0.369 e. The molecule has 6 N–H and O–H groups in total. The van der Waals surface area contributed by atoms with Gasteiger partial charge < -0.3 is 11.5 Å².